The van der Waals surface area contributed by atoms with Crippen LogP contribution in [0.25, 0.3) is 0 Å². The monoisotopic (exact) mass is 408 g/mol. The van der Waals surface area contributed by atoms with Crippen molar-refractivity contribution < 1.29 is 28.8 Å². The van der Waals surface area contributed by atoms with E-state index in [9.17, 15) is 9.90 Å². The molecule has 0 radical (unpaired) electrons. The Morgan fingerprint density at radius 2 is 1.50 bits per heavy atom. The van der Waals surface area contributed by atoms with Crippen LogP contribution in [-0.2, 0) is 6.61 Å². The van der Waals surface area contributed by atoms with E-state index in [2.05, 4.69) is 0 Å². The van der Waals surface area contributed by atoms with Crippen molar-refractivity contribution >= 4 is 5.78 Å². The molecule has 0 heterocycles. The maximum atomic E-state index is 12.9. The minimum atomic E-state index is -1.08. The van der Waals surface area contributed by atoms with Crippen molar-refractivity contribution in [1.29, 1.82) is 0 Å². The largest absolute Gasteiger partial charge is 0.493 e. The van der Waals surface area contributed by atoms with Gasteiger partial charge in [-0.15, -0.1) is 0 Å². The second-order valence-electron chi connectivity index (χ2n) is 6.44. The van der Waals surface area contributed by atoms with E-state index in [-0.39, 0.29) is 5.78 Å². The number of aliphatic hydroxyl groups is 1. The number of para-hydroxylation sites is 2. The van der Waals surface area contributed by atoms with Gasteiger partial charge in [0.15, 0.2) is 29.1 Å². The lowest BCUT2D eigenvalue weighted by molar-refractivity contribution is 0.0651. The molecule has 0 fully saturated rings. The lowest BCUT2D eigenvalue weighted by Crippen LogP contribution is -2.31. The molecule has 1 N–H and O–H groups in total. The first kappa shape index (κ1) is 21.2. The highest BCUT2D eigenvalue weighted by Gasteiger charge is 2.24. The number of carbonyl (C=O) groups excluding carboxylic acids is 1. The SMILES string of the molecule is COc1cc(C(=O)C(CO)Oc2ccccc2OC)ccc1OCc1ccccc1. The van der Waals surface area contributed by atoms with Crippen molar-refractivity contribution in [2.24, 2.45) is 0 Å². The number of carbonyl (C=O) groups is 1. The molecule has 156 valence electrons. The van der Waals surface area contributed by atoms with Crippen molar-refractivity contribution in [3.05, 3.63) is 83.9 Å². The molecule has 6 nitrogen and oxygen atoms in total. The lowest BCUT2D eigenvalue weighted by atomic mass is 10.1. The Bertz CT molecular complexity index is 970. The fourth-order valence-corrected chi connectivity index (χ4v) is 2.90. The van der Waals surface area contributed by atoms with E-state index in [1.165, 1.54) is 14.2 Å². The first-order chi connectivity index (χ1) is 14.7. The second-order valence-corrected chi connectivity index (χ2v) is 6.44. The summed E-state index contributed by atoms with van der Waals surface area (Å²) in [7, 11) is 3.02. The first-order valence-electron chi connectivity index (χ1n) is 9.45. The van der Waals surface area contributed by atoms with Gasteiger partial charge in [0.25, 0.3) is 0 Å². The van der Waals surface area contributed by atoms with Crippen LogP contribution >= 0.6 is 0 Å². The van der Waals surface area contributed by atoms with Crippen molar-refractivity contribution in [1.82, 2.24) is 0 Å². The van der Waals surface area contributed by atoms with E-state index >= 15 is 0 Å². The Hall–Kier alpha value is -3.51. The molecule has 0 saturated heterocycles. The van der Waals surface area contributed by atoms with Gasteiger partial charge in [-0.2, -0.15) is 0 Å². The summed E-state index contributed by atoms with van der Waals surface area (Å²) in [6, 6.07) is 21.6. The number of rotatable bonds is 10. The van der Waals surface area contributed by atoms with Crippen LogP contribution in [0, 0.1) is 0 Å². The zero-order valence-corrected chi connectivity index (χ0v) is 16.9. The van der Waals surface area contributed by atoms with Gasteiger partial charge in [0.05, 0.1) is 20.8 Å². The van der Waals surface area contributed by atoms with Crippen LogP contribution in [-0.4, -0.2) is 37.8 Å². The average Bonchev–Trinajstić information content (AvgIpc) is 2.81. The molecule has 0 aliphatic carbocycles. The van der Waals surface area contributed by atoms with Gasteiger partial charge in [-0.3, -0.25) is 4.79 Å². The Kier molecular flexibility index (Phi) is 7.29. The molecule has 1 atom stereocenters. The van der Waals surface area contributed by atoms with Crippen LogP contribution in [0.1, 0.15) is 15.9 Å². The molecule has 0 aliphatic heterocycles. The number of methoxy groups -OCH3 is 2. The van der Waals surface area contributed by atoms with Gasteiger partial charge in [-0.05, 0) is 35.9 Å². The number of ketones is 1. The molecule has 3 rings (SSSR count). The van der Waals surface area contributed by atoms with Crippen molar-refractivity contribution in [3.63, 3.8) is 0 Å². The van der Waals surface area contributed by atoms with Gasteiger partial charge in [0, 0.05) is 5.56 Å². The molecule has 0 aromatic heterocycles. The van der Waals surface area contributed by atoms with E-state index in [4.69, 9.17) is 18.9 Å². The fraction of sp³-hybridized carbons (Fsp3) is 0.208. The molecule has 1 unspecified atom stereocenters. The molecule has 0 spiro atoms. The Morgan fingerprint density at radius 3 is 2.17 bits per heavy atom. The minimum Gasteiger partial charge on any atom is -0.493 e. The maximum absolute atomic E-state index is 12.9. The summed E-state index contributed by atoms with van der Waals surface area (Å²) in [5.41, 5.74) is 1.36. The summed E-state index contributed by atoms with van der Waals surface area (Å²) in [4.78, 5) is 12.9. The Morgan fingerprint density at radius 1 is 0.833 bits per heavy atom. The highest BCUT2D eigenvalue weighted by Crippen LogP contribution is 2.31. The van der Waals surface area contributed by atoms with E-state index < -0.39 is 12.7 Å². The molecule has 3 aromatic carbocycles. The highest BCUT2D eigenvalue weighted by molar-refractivity contribution is 6.00. The summed E-state index contributed by atoms with van der Waals surface area (Å²) in [6.07, 6.45) is -1.08. The maximum Gasteiger partial charge on any atom is 0.205 e. The van der Waals surface area contributed by atoms with Crippen LogP contribution in [0.5, 0.6) is 23.0 Å². The predicted molar refractivity (Wildman–Crippen MR) is 113 cm³/mol. The quantitative estimate of drug-likeness (QED) is 0.513. The Labute approximate surface area is 175 Å². The van der Waals surface area contributed by atoms with E-state index in [0.29, 0.717) is 35.2 Å². The van der Waals surface area contributed by atoms with Gasteiger partial charge >= 0.3 is 0 Å². The summed E-state index contributed by atoms with van der Waals surface area (Å²) in [5.74, 6) is 1.42. The standard InChI is InChI=1S/C24H24O6/c1-27-19-10-6-7-11-21(19)30-23(15-25)24(26)18-12-13-20(22(14-18)28-2)29-16-17-8-4-3-5-9-17/h3-14,23,25H,15-16H2,1-2H3. The van der Waals surface area contributed by atoms with Gasteiger partial charge in [-0.25, -0.2) is 0 Å². The van der Waals surface area contributed by atoms with E-state index in [1.807, 2.05) is 30.3 Å². The lowest BCUT2D eigenvalue weighted by Gasteiger charge is -2.18. The van der Waals surface area contributed by atoms with Crippen LogP contribution in [0.2, 0.25) is 0 Å². The molecule has 3 aromatic rings. The smallest absolute Gasteiger partial charge is 0.205 e. The summed E-state index contributed by atoms with van der Waals surface area (Å²) >= 11 is 0. The third-order valence-electron chi connectivity index (χ3n) is 4.48. The molecule has 0 bridgehead atoms. The normalized spacial score (nSPS) is 11.4. The molecule has 30 heavy (non-hydrogen) atoms. The van der Waals surface area contributed by atoms with Gasteiger partial charge in [0.1, 0.15) is 6.61 Å². The predicted octanol–water partition coefficient (Wildman–Crippen LogP) is 3.91. The molecule has 0 saturated carbocycles. The average molecular weight is 408 g/mol. The molecular weight excluding hydrogens is 384 g/mol. The molecular formula is C24H24O6. The van der Waals surface area contributed by atoms with Crippen molar-refractivity contribution in [2.75, 3.05) is 20.8 Å². The third kappa shape index (κ3) is 5.10. The first-order valence-corrected chi connectivity index (χ1v) is 9.45. The zero-order chi connectivity index (χ0) is 21.3. The van der Waals surface area contributed by atoms with Gasteiger partial charge < -0.3 is 24.1 Å². The van der Waals surface area contributed by atoms with E-state index in [0.717, 1.165) is 5.56 Å². The van der Waals surface area contributed by atoms with Crippen LogP contribution in [0.15, 0.2) is 72.8 Å². The third-order valence-corrected chi connectivity index (χ3v) is 4.48. The van der Waals surface area contributed by atoms with Gasteiger partial charge in [-0.1, -0.05) is 42.5 Å². The second kappa shape index (κ2) is 10.3. The number of hydrogen-bond acceptors (Lipinski definition) is 6. The molecule has 0 amide bonds. The summed E-state index contributed by atoms with van der Waals surface area (Å²) in [6.45, 7) is -0.105. The zero-order valence-electron chi connectivity index (χ0n) is 16.9. The van der Waals surface area contributed by atoms with Crippen LogP contribution < -0.4 is 18.9 Å². The number of hydrogen-bond donors (Lipinski definition) is 1. The topological polar surface area (TPSA) is 74.2 Å². The fourth-order valence-electron chi connectivity index (χ4n) is 2.90. The number of ether oxygens (including phenoxy) is 4. The minimum absolute atomic E-state index is 0.341. The van der Waals surface area contributed by atoms with Crippen LogP contribution in [0.4, 0.5) is 0 Å². The number of aliphatic hydroxyl groups excluding tert-OH is 1. The van der Waals surface area contributed by atoms with Crippen molar-refractivity contribution in [2.45, 2.75) is 12.7 Å². The van der Waals surface area contributed by atoms with E-state index in [1.54, 1.807) is 42.5 Å². The highest BCUT2D eigenvalue weighted by atomic mass is 16.5. The molecule has 6 heteroatoms. The number of benzene rings is 3. The summed E-state index contributed by atoms with van der Waals surface area (Å²) in [5, 5.41) is 9.73. The van der Waals surface area contributed by atoms with Crippen LogP contribution in [0.3, 0.4) is 0 Å². The number of Topliss-reactive ketones (excluding diaryl/α,β-unsaturated/α-hetero) is 1. The Balaban J connectivity index is 1.75. The van der Waals surface area contributed by atoms with Crippen molar-refractivity contribution in [3.8, 4) is 23.0 Å². The summed E-state index contributed by atoms with van der Waals surface area (Å²) < 4.78 is 22.2. The van der Waals surface area contributed by atoms with Gasteiger partial charge in [0.2, 0.25) is 5.78 Å². The molecule has 0 aliphatic rings.